The second-order valence-electron chi connectivity index (χ2n) is 3.23. The van der Waals surface area contributed by atoms with Crippen LogP contribution in [0.25, 0.3) is 0 Å². The average Bonchev–Trinajstić information content (AvgIpc) is 2.37. The van der Waals surface area contributed by atoms with Crippen molar-refractivity contribution in [3.05, 3.63) is 24.3 Å². The minimum absolute atomic E-state index is 0.789. The Bertz CT molecular complexity index is 381. The van der Waals surface area contributed by atoms with Gasteiger partial charge in [0.2, 0.25) is 0 Å². The molecule has 6 heteroatoms. The molecule has 0 aromatic heterocycles. The third-order valence-corrected chi connectivity index (χ3v) is 8.27. The molecule has 0 aliphatic rings. The molecule has 1 unspecified atom stereocenters. The smallest absolute Gasteiger partial charge is 0.297 e. The zero-order chi connectivity index (χ0) is 12.7. The summed E-state index contributed by atoms with van der Waals surface area (Å²) >= 11 is 8.75. The highest BCUT2D eigenvalue weighted by atomic mass is 32.9. The molecule has 96 valence electrons. The van der Waals surface area contributed by atoms with E-state index in [1.807, 2.05) is 30.5 Å². The monoisotopic (exact) mass is 308 g/mol. The van der Waals surface area contributed by atoms with Gasteiger partial charge >= 0.3 is 0 Å². The van der Waals surface area contributed by atoms with Crippen LogP contribution in [0.5, 0.6) is 5.75 Å². The summed E-state index contributed by atoms with van der Waals surface area (Å²) in [4.78, 5) is 1.21. The number of thioether (sulfide) groups is 1. The predicted molar refractivity (Wildman–Crippen MR) is 82.9 cm³/mol. The minimum atomic E-state index is -2.22. The van der Waals surface area contributed by atoms with Crippen LogP contribution in [0.2, 0.25) is 0 Å². The molecule has 1 aromatic carbocycles. The van der Waals surface area contributed by atoms with Crippen LogP contribution < -0.4 is 4.52 Å². The van der Waals surface area contributed by atoms with Crippen LogP contribution >= 0.6 is 28.8 Å². The second kappa shape index (κ2) is 7.70. The molecule has 1 atom stereocenters. The van der Waals surface area contributed by atoms with Crippen LogP contribution in [0.3, 0.4) is 0 Å². The lowest BCUT2D eigenvalue weighted by atomic mass is 10.3. The van der Waals surface area contributed by atoms with Crippen molar-refractivity contribution in [1.29, 1.82) is 0 Å². The zero-order valence-electron chi connectivity index (χ0n) is 10.2. The van der Waals surface area contributed by atoms with E-state index in [-0.39, 0.29) is 0 Å². The van der Waals surface area contributed by atoms with Gasteiger partial charge in [0, 0.05) is 17.8 Å². The highest BCUT2D eigenvalue weighted by Gasteiger charge is 2.19. The highest BCUT2D eigenvalue weighted by molar-refractivity contribution is 8.68. The lowest BCUT2D eigenvalue weighted by molar-refractivity contribution is 0.408. The number of rotatable bonds is 7. The maximum Gasteiger partial charge on any atom is 0.297 e. The van der Waals surface area contributed by atoms with E-state index in [1.54, 1.807) is 30.3 Å². The molecule has 0 aliphatic heterocycles. The fourth-order valence-electron chi connectivity index (χ4n) is 1.09. The molecule has 0 heterocycles. The molecule has 17 heavy (non-hydrogen) atoms. The van der Waals surface area contributed by atoms with Gasteiger partial charge in [0.25, 0.3) is 5.69 Å². The second-order valence-corrected chi connectivity index (χ2v) is 10.6. The van der Waals surface area contributed by atoms with E-state index >= 15 is 0 Å². The summed E-state index contributed by atoms with van der Waals surface area (Å²) in [7, 11) is 1.62. The lowest BCUT2D eigenvalue weighted by Crippen LogP contribution is -1.92. The summed E-state index contributed by atoms with van der Waals surface area (Å²) in [5.74, 6) is 1.75. The first-order valence-corrected chi connectivity index (χ1v) is 10.7. The van der Waals surface area contributed by atoms with Crippen molar-refractivity contribution in [1.82, 2.24) is 0 Å². The summed E-state index contributed by atoms with van der Waals surface area (Å²) in [6.45, 7) is 2.12. The Morgan fingerprint density at radius 3 is 2.41 bits per heavy atom. The average molecular weight is 308 g/mol. The van der Waals surface area contributed by atoms with Crippen LogP contribution in [-0.4, -0.2) is 19.1 Å². The zero-order valence-corrected chi connectivity index (χ0v) is 13.6. The Labute approximate surface area is 117 Å². The Balaban J connectivity index is 2.69. The van der Waals surface area contributed by atoms with Crippen LogP contribution in [0.1, 0.15) is 13.3 Å². The molecule has 0 spiro atoms. The standard InChI is InChI=1S/C11H17O2PS3/c1-4-9-17-14(15,12-2)13-10-5-7-11(16-3)8-6-10/h5-8H,4,9H2,1-3H3. The SMILES string of the molecule is CCCSP(=S)(OC)Oc1ccc(SC)cc1. The van der Waals surface area contributed by atoms with Crippen LogP contribution in [0.4, 0.5) is 0 Å². The predicted octanol–water partition coefficient (Wildman–Crippen LogP) is 4.80. The molecule has 2 nitrogen and oxygen atoms in total. The van der Waals surface area contributed by atoms with Crippen molar-refractivity contribution in [2.24, 2.45) is 0 Å². The Kier molecular flexibility index (Phi) is 6.97. The van der Waals surface area contributed by atoms with E-state index < -0.39 is 5.69 Å². The first-order chi connectivity index (χ1) is 8.13. The molecule has 0 radical (unpaired) electrons. The Morgan fingerprint density at radius 1 is 1.29 bits per heavy atom. The van der Waals surface area contributed by atoms with Gasteiger partial charge in [-0.15, -0.1) is 11.8 Å². The van der Waals surface area contributed by atoms with Crippen molar-refractivity contribution in [3.63, 3.8) is 0 Å². The first-order valence-electron chi connectivity index (χ1n) is 5.27. The number of hydrogen-bond donors (Lipinski definition) is 0. The Hall–Kier alpha value is 0.330. The normalized spacial score (nSPS) is 14.3. The van der Waals surface area contributed by atoms with Gasteiger partial charge in [0.15, 0.2) is 0 Å². The van der Waals surface area contributed by atoms with Crippen molar-refractivity contribution in [3.8, 4) is 5.75 Å². The summed E-state index contributed by atoms with van der Waals surface area (Å²) in [5, 5.41) is 0. The van der Waals surface area contributed by atoms with E-state index in [2.05, 4.69) is 6.92 Å². The molecular weight excluding hydrogens is 291 g/mol. The van der Waals surface area contributed by atoms with Gasteiger partial charge in [0.1, 0.15) is 5.75 Å². The first kappa shape index (κ1) is 15.4. The van der Waals surface area contributed by atoms with Gasteiger partial charge in [-0.2, -0.15) is 0 Å². The molecule has 0 saturated heterocycles. The molecule has 0 amide bonds. The van der Waals surface area contributed by atoms with E-state index in [4.69, 9.17) is 20.9 Å². The van der Waals surface area contributed by atoms with Crippen molar-refractivity contribution >= 4 is 40.6 Å². The molecule has 1 aromatic rings. The van der Waals surface area contributed by atoms with Crippen molar-refractivity contribution < 1.29 is 9.05 Å². The summed E-state index contributed by atoms with van der Waals surface area (Å²) in [6.07, 6.45) is 3.12. The Morgan fingerprint density at radius 2 is 1.94 bits per heavy atom. The molecule has 0 saturated carbocycles. The lowest BCUT2D eigenvalue weighted by Gasteiger charge is -2.19. The molecule has 0 bridgehead atoms. The van der Waals surface area contributed by atoms with Crippen LogP contribution in [0.15, 0.2) is 29.2 Å². The third-order valence-electron chi connectivity index (χ3n) is 1.95. The van der Waals surface area contributed by atoms with E-state index in [9.17, 15) is 0 Å². The molecule has 0 aliphatic carbocycles. The van der Waals surface area contributed by atoms with Crippen molar-refractivity contribution in [2.75, 3.05) is 19.1 Å². The summed E-state index contributed by atoms with van der Waals surface area (Å²) in [5.41, 5.74) is -2.22. The maximum absolute atomic E-state index is 5.81. The van der Waals surface area contributed by atoms with Gasteiger partial charge < -0.3 is 9.05 Å². The van der Waals surface area contributed by atoms with Gasteiger partial charge in [-0.05, 0) is 48.7 Å². The topological polar surface area (TPSA) is 18.5 Å². The number of hydrogen-bond acceptors (Lipinski definition) is 5. The number of benzene rings is 1. The summed E-state index contributed by atoms with van der Waals surface area (Å²) in [6, 6.07) is 7.94. The van der Waals surface area contributed by atoms with E-state index in [0.717, 1.165) is 17.9 Å². The van der Waals surface area contributed by atoms with Crippen LogP contribution in [-0.2, 0) is 16.3 Å². The fourth-order valence-corrected chi connectivity index (χ4v) is 5.39. The summed E-state index contributed by atoms with van der Waals surface area (Å²) < 4.78 is 11.2. The minimum Gasteiger partial charge on any atom is -0.436 e. The van der Waals surface area contributed by atoms with Gasteiger partial charge in [0.05, 0.1) is 0 Å². The molecule has 0 fully saturated rings. The largest absolute Gasteiger partial charge is 0.436 e. The van der Waals surface area contributed by atoms with Gasteiger partial charge in [-0.25, -0.2) is 0 Å². The van der Waals surface area contributed by atoms with Gasteiger partial charge in [-0.3, -0.25) is 0 Å². The third kappa shape index (κ3) is 5.23. The van der Waals surface area contributed by atoms with E-state index in [1.165, 1.54) is 4.90 Å². The van der Waals surface area contributed by atoms with E-state index in [0.29, 0.717) is 0 Å². The van der Waals surface area contributed by atoms with Crippen LogP contribution in [0, 0.1) is 0 Å². The molecule has 0 N–H and O–H groups in total. The fraction of sp³-hybridized carbons (Fsp3) is 0.455. The van der Waals surface area contributed by atoms with Gasteiger partial charge in [-0.1, -0.05) is 18.3 Å². The maximum atomic E-state index is 5.81. The molecular formula is C11H17O2PS3. The van der Waals surface area contributed by atoms with Crippen molar-refractivity contribution in [2.45, 2.75) is 18.2 Å². The molecule has 1 rings (SSSR count). The highest BCUT2D eigenvalue weighted by Crippen LogP contribution is 2.59. The quantitative estimate of drug-likeness (QED) is 0.530.